The van der Waals surface area contributed by atoms with Gasteiger partial charge in [-0.15, -0.1) is 0 Å². The number of benzene rings is 1. The van der Waals surface area contributed by atoms with Crippen LogP contribution in [-0.4, -0.2) is 17.9 Å². The minimum Gasteiger partial charge on any atom is -0.489 e. The summed E-state index contributed by atoms with van der Waals surface area (Å²) in [7, 11) is 0. The van der Waals surface area contributed by atoms with Crippen molar-refractivity contribution in [1.29, 1.82) is 0 Å². The predicted molar refractivity (Wildman–Crippen MR) is 59.6 cm³/mol. The largest absolute Gasteiger partial charge is 0.489 e. The van der Waals surface area contributed by atoms with Crippen molar-refractivity contribution in [3.63, 3.8) is 0 Å². The second kappa shape index (κ2) is 3.00. The van der Waals surface area contributed by atoms with Gasteiger partial charge in [0.05, 0.1) is 5.92 Å². The molecule has 0 bridgehead atoms. The van der Waals surface area contributed by atoms with E-state index in [1.165, 1.54) is 6.42 Å². The molecule has 3 aliphatic rings. The van der Waals surface area contributed by atoms with E-state index in [9.17, 15) is 0 Å². The zero-order valence-corrected chi connectivity index (χ0v) is 8.93. The lowest BCUT2D eigenvalue weighted by Gasteiger charge is -2.36. The Kier molecular flexibility index (Phi) is 1.62. The van der Waals surface area contributed by atoms with Crippen molar-refractivity contribution >= 4 is 5.71 Å². The van der Waals surface area contributed by atoms with E-state index in [4.69, 9.17) is 9.57 Å². The molecule has 1 fully saturated rings. The number of hydrogen-bond acceptors (Lipinski definition) is 3. The molecule has 1 aromatic carbocycles. The van der Waals surface area contributed by atoms with Crippen LogP contribution in [0.15, 0.2) is 29.4 Å². The van der Waals surface area contributed by atoms with Crippen molar-refractivity contribution in [3.05, 3.63) is 29.8 Å². The molecule has 4 rings (SSSR count). The zero-order chi connectivity index (χ0) is 10.5. The predicted octanol–water partition coefficient (Wildman–Crippen LogP) is 2.35. The van der Waals surface area contributed by atoms with Crippen LogP contribution in [-0.2, 0) is 4.84 Å². The number of nitrogens with zero attached hydrogens (tertiary/aromatic N) is 1. The molecule has 1 saturated carbocycles. The summed E-state index contributed by atoms with van der Waals surface area (Å²) in [6.45, 7) is 0. The highest BCUT2D eigenvalue weighted by Gasteiger charge is 2.47. The highest BCUT2D eigenvalue weighted by Crippen LogP contribution is 2.42. The Labute approximate surface area is 94.0 Å². The molecule has 1 aromatic rings. The van der Waals surface area contributed by atoms with E-state index < -0.39 is 0 Å². The van der Waals surface area contributed by atoms with Gasteiger partial charge in [-0.05, 0) is 31.4 Å². The molecule has 0 spiro atoms. The highest BCUT2D eigenvalue weighted by molar-refractivity contribution is 6.06. The van der Waals surface area contributed by atoms with E-state index in [0.717, 1.165) is 29.9 Å². The third kappa shape index (κ3) is 1.01. The molecular formula is C13H13NO2. The first-order chi connectivity index (χ1) is 7.93. The second-order valence-electron chi connectivity index (χ2n) is 4.73. The van der Waals surface area contributed by atoms with E-state index in [1.54, 1.807) is 0 Å². The summed E-state index contributed by atoms with van der Waals surface area (Å²) in [5.74, 6) is 1.33. The Balaban J connectivity index is 1.87. The molecule has 1 aliphatic carbocycles. The summed E-state index contributed by atoms with van der Waals surface area (Å²) >= 11 is 0. The van der Waals surface area contributed by atoms with Gasteiger partial charge in [0.25, 0.3) is 0 Å². The molecule has 16 heavy (non-hydrogen) atoms. The minimum absolute atomic E-state index is 0.252. The van der Waals surface area contributed by atoms with Gasteiger partial charge in [-0.3, -0.25) is 0 Å². The molecule has 0 saturated heterocycles. The summed E-state index contributed by atoms with van der Waals surface area (Å²) in [5, 5.41) is 4.28. The van der Waals surface area contributed by atoms with Crippen molar-refractivity contribution in [2.75, 3.05) is 0 Å². The first-order valence-corrected chi connectivity index (χ1v) is 5.93. The molecule has 0 amide bonds. The third-order valence-electron chi connectivity index (χ3n) is 3.82. The lowest BCUT2D eigenvalue weighted by molar-refractivity contribution is -0.00722. The fourth-order valence-electron chi connectivity index (χ4n) is 3.08. The molecule has 2 aliphatic heterocycles. The van der Waals surface area contributed by atoms with Gasteiger partial charge in [-0.25, -0.2) is 0 Å². The topological polar surface area (TPSA) is 30.8 Å². The summed E-state index contributed by atoms with van der Waals surface area (Å²) < 4.78 is 6.06. The molecule has 0 unspecified atom stereocenters. The Morgan fingerprint density at radius 2 is 2.00 bits per heavy atom. The van der Waals surface area contributed by atoms with Gasteiger partial charge < -0.3 is 9.57 Å². The van der Waals surface area contributed by atoms with E-state index >= 15 is 0 Å². The molecule has 3 atom stereocenters. The quantitative estimate of drug-likeness (QED) is 0.665. The fraction of sp³-hybridized carbons (Fsp3) is 0.462. The normalized spacial score (nSPS) is 34.2. The molecule has 3 heteroatoms. The lowest BCUT2D eigenvalue weighted by atomic mass is 9.77. The van der Waals surface area contributed by atoms with Gasteiger partial charge >= 0.3 is 0 Å². The molecule has 0 radical (unpaired) electrons. The Hall–Kier alpha value is -1.51. The van der Waals surface area contributed by atoms with Crippen molar-refractivity contribution in [1.82, 2.24) is 0 Å². The van der Waals surface area contributed by atoms with Crippen molar-refractivity contribution in [2.45, 2.75) is 31.5 Å². The van der Waals surface area contributed by atoms with Crippen LogP contribution in [0.25, 0.3) is 0 Å². The van der Waals surface area contributed by atoms with E-state index in [-0.39, 0.29) is 12.2 Å². The first-order valence-electron chi connectivity index (χ1n) is 5.93. The van der Waals surface area contributed by atoms with Crippen LogP contribution in [0, 0.1) is 5.92 Å². The van der Waals surface area contributed by atoms with Crippen molar-refractivity contribution in [3.8, 4) is 5.75 Å². The maximum absolute atomic E-state index is 6.06. The third-order valence-corrected chi connectivity index (χ3v) is 3.82. The average Bonchev–Trinajstić information content (AvgIpc) is 2.76. The van der Waals surface area contributed by atoms with Crippen LogP contribution in [0.1, 0.15) is 24.8 Å². The fourth-order valence-corrected chi connectivity index (χ4v) is 3.08. The lowest BCUT2D eigenvalue weighted by Crippen LogP contribution is -2.44. The van der Waals surface area contributed by atoms with Crippen LogP contribution >= 0.6 is 0 Å². The van der Waals surface area contributed by atoms with Gasteiger partial charge in [-0.2, -0.15) is 0 Å². The van der Waals surface area contributed by atoms with E-state index in [0.29, 0.717) is 5.92 Å². The molecule has 3 nitrogen and oxygen atoms in total. The summed E-state index contributed by atoms with van der Waals surface area (Å²) in [5.41, 5.74) is 2.23. The maximum Gasteiger partial charge on any atom is 0.139 e. The Morgan fingerprint density at radius 3 is 3.00 bits per heavy atom. The standard InChI is InChI=1S/C13H13NO2/c1-2-5-9-8(4-1)13-12-10(15-9)6-3-7-11(12)16-14-13/h1-2,4-5,10-12H,3,6-7H2/t10-,11+,12-/m1/s1. The van der Waals surface area contributed by atoms with E-state index in [1.807, 2.05) is 18.2 Å². The average molecular weight is 215 g/mol. The SMILES string of the molecule is c1ccc2c(c1)O[C@@H]1CCC[C@@H]3ON=C2[C@@H]31. The molecule has 0 N–H and O–H groups in total. The van der Waals surface area contributed by atoms with Crippen LogP contribution in [0.2, 0.25) is 0 Å². The van der Waals surface area contributed by atoms with E-state index in [2.05, 4.69) is 11.2 Å². The van der Waals surface area contributed by atoms with Gasteiger partial charge in [0, 0.05) is 5.56 Å². The summed E-state index contributed by atoms with van der Waals surface area (Å²) in [6.07, 6.45) is 3.94. The van der Waals surface area contributed by atoms with Crippen LogP contribution < -0.4 is 4.74 Å². The molecule has 82 valence electrons. The molecule has 2 heterocycles. The van der Waals surface area contributed by atoms with Crippen LogP contribution in [0.3, 0.4) is 0 Å². The minimum atomic E-state index is 0.252. The smallest absolute Gasteiger partial charge is 0.139 e. The van der Waals surface area contributed by atoms with Gasteiger partial charge in [-0.1, -0.05) is 17.3 Å². The molecular weight excluding hydrogens is 202 g/mol. The van der Waals surface area contributed by atoms with Gasteiger partial charge in [0.2, 0.25) is 0 Å². The zero-order valence-electron chi connectivity index (χ0n) is 8.93. The summed E-state index contributed by atoms with van der Waals surface area (Å²) in [6, 6.07) is 8.14. The monoisotopic (exact) mass is 215 g/mol. The number of hydrogen-bond donors (Lipinski definition) is 0. The van der Waals surface area contributed by atoms with Crippen molar-refractivity contribution in [2.24, 2.45) is 11.1 Å². The summed E-state index contributed by atoms with van der Waals surface area (Å²) in [4.78, 5) is 5.54. The first kappa shape index (κ1) is 8.62. The number of fused-ring (bicyclic) bond motifs is 2. The number of oxime groups is 1. The Bertz CT molecular complexity index is 469. The van der Waals surface area contributed by atoms with Crippen molar-refractivity contribution < 1.29 is 9.57 Å². The molecule has 0 aromatic heterocycles. The van der Waals surface area contributed by atoms with Crippen LogP contribution in [0.5, 0.6) is 5.75 Å². The maximum atomic E-state index is 6.06. The van der Waals surface area contributed by atoms with Crippen LogP contribution in [0.4, 0.5) is 0 Å². The number of rotatable bonds is 0. The highest BCUT2D eigenvalue weighted by atomic mass is 16.6. The Morgan fingerprint density at radius 1 is 1.12 bits per heavy atom. The second-order valence-corrected chi connectivity index (χ2v) is 4.73. The van der Waals surface area contributed by atoms with Gasteiger partial charge in [0.15, 0.2) is 0 Å². The number of ether oxygens (including phenoxy) is 1. The van der Waals surface area contributed by atoms with Gasteiger partial charge in [0.1, 0.15) is 23.7 Å². The number of para-hydroxylation sites is 1.